The molecule has 1 aliphatic carbocycles. The van der Waals surface area contributed by atoms with E-state index in [1.54, 1.807) is 0 Å². The van der Waals surface area contributed by atoms with Crippen molar-refractivity contribution in [2.45, 2.75) is 32.2 Å². The molecule has 1 nitrogen and oxygen atoms in total. The molecule has 0 spiro atoms. The van der Waals surface area contributed by atoms with Crippen LogP contribution in [0.25, 0.3) is 0 Å². The SMILES string of the molecule is Cc1ccc(CN)c(C2CC2)c1. The van der Waals surface area contributed by atoms with Gasteiger partial charge in [0.15, 0.2) is 0 Å². The van der Waals surface area contributed by atoms with Crippen molar-refractivity contribution in [1.82, 2.24) is 0 Å². The highest BCUT2D eigenvalue weighted by Gasteiger charge is 2.25. The fourth-order valence-electron chi connectivity index (χ4n) is 1.67. The molecule has 1 aromatic carbocycles. The Balaban J connectivity index is 2.39. The van der Waals surface area contributed by atoms with Gasteiger partial charge in [0.05, 0.1) is 0 Å². The van der Waals surface area contributed by atoms with Crippen LogP contribution in [0.1, 0.15) is 35.4 Å². The minimum Gasteiger partial charge on any atom is -0.326 e. The molecule has 1 heteroatoms. The minimum atomic E-state index is 0.687. The first-order chi connectivity index (χ1) is 5.81. The van der Waals surface area contributed by atoms with E-state index in [4.69, 9.17) is 5.73 Å². The van der Waals surface area contributed by atoms with Crippen LogP contribution in [-0.2, 0) is 6.54 Å². The molecule has 0 bridgehead atoms. The summed E-state index contributed by atoms with van der Waals surface area (Å²) in [4.78, 5) is 0. The van der Waals surface area contributed by atoms with Gasteiger partial charge in [-0.25, -0.2) is 0 Å². The highest BCUT2D eigenvalue weighted by molar-refractivity contribution is 5.36. The summed E-state index contributed by atoms with van der Waals surface area (Å²) in [7, 11) is 0. The standard InChI is InChI=1S/C11H15N/c1-8-2-3-10(7-12)11(6-8)9-4-5-9/h2-3,6,9H,4-5,7,12H2,1H3. The highest BCUT2D eigenvalue weighted by atomic mass is 14.5. The van der Waals surface area contributed by atoms with Gasteiger partial charge in [0.1, 0.15) is 0 Å². The zero-order valence-corrected chi connectivity index (χ0v) is 7.51. The molecule has 64 valence electrons. The Morgan fingerprint density at radius 3 is 2.75 bits per heavy atom. The second-order valence-corrected chi connectivity index (χ2v) is 3.68. The van der Waals surface area contributed by atoms with E-state index >= 15 is 0 Å². The Morgan fingerprint density at radius 1 is 1.42 bits per heavy atom. The molecule has 2 N–H and O–H groups in total. The molecule has 1 fully saturated rings. The van der Waals surface area contributed by atoms with Gasteiger partial charge in [-0.1, -0.05) is 23.8 Å². The van der Waals surface area contributed by atoms with Gasteiger partial charge in [0, 0.05) is 6.54 Å². The molecule has 1 aliphatic rings. The first-order valence-corrected chi connectivity index (χ1v) is 4.61. The molecule has 0 amide bonds. The summed E-state index contributed by atoms with van der Waals surface area (Å²) in [6.45, 7) is 2.83. The summed E-state index contributed by atoms with van der Waals surface area (Å²) in [5.74, 6) is 0.823. The first kappa shape index (κ1) is 7.81. The predicted molar refractivity (Wildman–Crippen MR) is 51.0 cm³/mol. The lowest BCUT2D eigenvalue weighted by Gasteiger charge is -2.06. The lowest BCUT2D eigenvalue weighted by Crippen LogP contribution is -2.00. The summed E-state index contributed by atoms with van der Waals surface area (Å²) < 4.78 is 0. The zero-order valence-electron chi connectivity index (χ0n) is 7.51. The fraction of sp³-hybridized carbons (Fsp3) is 0.455. The van der Waals surface area contributed by atoms with Crippen LogP contribution in [0.2, 0.25) is 0 Å². The van der Waals surface area contributed by atoms with Crippen LogP contribution < -0.4 is 5.73 Å². The quantitative estimate of drug-likeness (QED) is 0.707. The molecule has 0 heterocycles. The van der Waals surface area contributed by atoms with E-state index in [0.29, 0.717) is 6.54 Å². The number of aryl methyl sites for hydroxylation is 1. The van der Waals surface area contributed by atoms with E-state index in [1.165, 1.54) is 29.5 Å². The lowest BCUT2D eigenvalue weighted by molar-refractivity contribution is 0.992. The summed E-state index contributed by atoms with van der Waals surface area (Å²) in [5.41, 5.74) is 9.86. The summed E-state index contributed by atoms with van der Waals surface area (Å²) in [5, 5.41) is 0. The van der Waals surface area contributed by atoms with Crippen molar-refractivity contribution in [3.8, 4) is 0 Å². The van der Waals surface area contributed by atoms with Gasteiger partial charge >= 0.3 is 0 Å². The number of nitrogens with two attached hydrogens (primary N) is 1. The van der Waals surface area contributed by atoms with Crippen LogP contribution in [0, 0.1) is 6.92 Å². The molecule has 12 heavy (non-hydrogen) atoms. The van der Waals surface area contributed by atoms with Gasteiger partial charge in [-0.15, -0.1) is 0 Å². The Labute approximate surface area is 73.6 Å². The van der Waals surface area contributed by atoms with Crippen LogP contribution in [0.3, 0.4) is 0 Å². The van der Waals surface area contributed by atoms with E-state index in [1.807, 2.05) is 0 Å². The van der Waals surface area contributed by atoms with E-state index in [-0.39, 0.29) is 0 Å². The second kappa shape index (κ2) is 2.91. The summed E-state index contributed by atoms with van der Waals surface area (Å²) >= 11 is 0. The van der Waals surface area contributed by atoms with E-state index in [0.717, 1.165) is 5.92 Å². The normalized spacial score (nSPS) is 16.5. The molecule has 0 radical (unpaired) electrons. The number of rotatable bonds is 2. The first-order valence-electron chi connectivity index (χ1n) is 4.61. The summed E-state index contributed by atoms with van der Waals surface area (Å²) in [6.07, 6.45) is 2.72. The highest BCUT2D eigenvalue weighted by Crippen LogP contribution is 2.41. The van der Waals surface area contributed by atoms with Crippen molar-refractivity contribution >= 4 is 0 Å². The maximum Gasteiger partial charge on any atom is 0.0180 e. The fourth-order valence-corrected chi connectivity index (χ4v) is 1.67. The average molecular weight is 161 g/mol. The molecule has 0 atom stereocenters. The number of hydrogen-bond acceptors (Lipinski definition) is 1. The van der Waals surface area contributed by atoms with Gasteiger partial charge < -0.3 is 5.73 Å². The van der Waals surface area contributed by atoms with Gasteiger partial charge in [-0.3, -0.25) is 0 Å². The van der Waals surface area contributed by atoms with Crippen molar-refractivity contribution in [3.63, 3.8) is 0 Å². The summed E-state index contributed by atoms with van der Waals surface area (Å²) in [6, 6.07) is 6.61. The van der Waals surface area contributed by atoms with Crippen molar-refractivity contribution in [3.05, 3.63) is 34.9 Å². The average Bonchev–Trinajstić information content (AvgIpc) is 2.87. The second-order valence-electron chi connectivity index (χ2n) is 3.68. The Kier molecular flexibility index (Phi) is 1.89. The van der Waals surface area contributed by atoms with Crippen molar-refractivity contribution in [2.24, 2.45) is 5.73 Å². The van der Waals surface area contributed by atoms with E-state index < -0.39 is 0 Å². The molecule has 0 aliphatic heterocycles. The smallest absolute Gasteiger partial charge is 0.0180 e. The molecular formula is C11H15N. The Bertz CT molecular complexity index is 287. The van der Waals surface area contributed by atoms with Crippen LogP contribution >= 0.6 is 0 Å². The van der Waals surface area contributed by atoms with Crippen molar-refractivity contribution in [1.29, 1.82) is 0 Å². The molecular weight excluding hydrogens is 146 g/mol. The molecule has 0 unspecified atom stereocenters. The third-order valence-electron chi connectivity index (χ3n) is 2.54. The van der Waals surface area contributed by atoms with Crippen molar-refractivity contribution in [2.75, 3.05) is 0 Å². The largest absolute Gasteiger partial charge is 0.326 e. The predicted octanol–water partition coefficient (Wildman–Crippen LogP) is 2.33. The maximum atomic E-state index is 5.67. The zero-order chi connectivity index (χ0) is 8.55. The minimum absolute atomic E-state index is 0.687. The van der Waals surface area contributed by atoms with E-state index in [9.17, 15) is 0 Å². The van der Waals surface area contributed by atoms with Gasteiger partial charge in [0.25, 0.3) is 0 Å². The molecule has 1 saturated carbocycles. The maximum absolute atomic E-state index is 5.67. The van der Waals surface area contributed by atoms with Gasteiger partial charge in [0.2, 0.25) is 0 Å². The Morgan fingerprint density at radius 2 is 2.17 bits per heavy atom. The third-order valence-corrected chi connectivity index (χ3v) is 2.54. The monoisotopic (exact) mass is 161 g/mol. The topological polar surface area (TPSA) is 26.0 Å². The van der Waals surface area contributed by atoms with Crippen LogP contribution in [0.5, 0.6) is 0 Å². The third kappa shape index (κ3) is 1.37. The van der Waals surface area contributed by atoms with Crippen LogP contribution in [-0.4, -0.2) is 0 Å². The number of hydrogen-bond donors (Lipinski definition) is 1. The van der Waals surface area contributed by atoms with E-state index in [2.05, 4.69) is 25.1 Å². The lowest BCUT2D eigenvalue weighted by atomic mass is 10.0. The van der Waals surface area contributed by atoms with Crippen molar-refractivity contribution < 1.29 is 0 Å². The van der Waals surface area contributed by atoms with Gasteiger partial charge in [-0.05, 0) is 36.8 Å². The van der Waals surface area contributed by atoms with Crippen LogP contribution in [0.15, 0.2) is 18.2 Å². The van der Waals surface area contributed by atoms with Crippen LogP contribution in [0.4, 0.5) is 0 Å². The molecule has 2 rings (SSSR count). The molecule has 0 aromatic heterocycles. The molecule has 0 saturated heterocycles. The van der Waals surface area contributed by atoms with Gasteiger partial charge in [-0.2, -0.15) is 0 Å². The Hall–Kier alpha value is -0.820. The number of benzene rings is 1. The molecule has 1 aromatic rings.